The Bertz CT molecular complexity index is 1120. The number of hydrogen-bond donors (Lipinski definition) is 2. The predicted molar refractivity (Wildman–Crippen MR) is 121 cm³/mol. The number of carbonyl (C=O) groups is 2. The summed E-state index contributed by atoms with van der Waals surface area (Å²) in [5.74, 6) is 1.03. The van der Waals surface area contributed by atoms with Crippen molar-refractivity contribution in [1.82, 2.24) is 10.3 Å². The Morgan fingerprint density at radius 1 is 1.16 bits per heavy atom. The maximum atomic E-state index is 13.5. The van der Waals surface area contributed by atoms with Crippen LogP contribution < -0.4 is 20.1 Å². The molecule has 0 saturated heterocycles. The molecule has 1 aromatic heterocycles. The van der Waals surface area contributed by atoms with E-state index in [4.69, 9.17) is 9.47 Å². The highest BCUT2D eigenvalue weighted by molar-refractivity contribution is 6.09. The van der Waals surface area contributed by atoms with Gasteiger partial charge in [-0.25, -0.2) is 4.98 Å². The number of benzene rings is 1. The fourth-order valence-corrected chi connectivity index (χ4v) is 4.53. The minimum Gasteiger partial charge on any atom is -0.497 e. The van der Waals surface area contributed by atoms with Crippen molar-refractivity contribution in [2.45, 2.75) is 32.6 Å². The van der Waals surface area contributed by atoms with Crippen molar-refractivity contribution in [3.8, 4) is 11.5 Å². The molecule has 2 aromatic rings. The second-order valence-electron chi connectivity index (χ2n) is 8.20. The normalized spacial score (nSPS) is 20.4. The number of methoxy groups -OCH3 is 2. The smallest absolute Gasteiger partial charge is 0.255 e. The van der Waals surface area contributed by atoms with Crippen LogP contribution in [0.5, 0.6) is 11.5 Å². The van der Waals surface area contributed by atoms with Crippen LogP contribution in [0.3, 0.4) is 0 Å². The van der Waals surface area contributed by atoms with E-state index < -0.39 is 5.92 Å². The summed E-state index contributed by atoms with van der Waals surface area (Å²) in [4.78, 5) is 31.0. The number of amides is 1. The van der Waals surface area contributed by atoms with Crippen LogP contribution in [0.25, 0.3) is 0 Å². The minimum absolute atomic E-state index is 0.0387. The van der Waals surface area contributed by atoms with Gasteiger partial charge < -0.3 is 20.1 Å². The maximum Gasteiger partial charge on any atom is 0.255 e. The third kappa shape index (κ3) is 3.98. The van der Waals surface area contributed by atoms with Crippen LogP contribution in [-0.4, -0.2) is 30.9 Å². The zero-order chi connectivity index (χ0) is 22.8. The van der Waals surface area contributed by atoms with Crippen LogP contribution in [-0.2, 0) is 9.59 Å². The SMILES string of the molecule is COc1ccc(OC)c(C2C(C(=O)Nc3ccccn3)=C(C)NC3=C2C(=O)CC(C)C3)c1. The fraction of sp³-hybridized carbons (Fsp3) is 0.320. The van der Waals surface area contributed by atoms with Crippen molar-refractivity contribution >= 4 is 17.5 Å². The van der Waals surface area contributed by atoms with Gasteiger partial charge in [-0.15, -0.1) is 0 Å². The number of ether oxygens (including phenoxy) is 2. The molecule has 32 heavy (non-hydrogen) atoms. The Labute approximate surface area is 187 Å². The molecule has 1 aromatic carbocycles. The number of nitrogens with one attached hydrogen (secondary N) is 2. The Balaban J connectivity index is 1.88. The molecule has 2 N–H and O–H groups in total. The molecule has 1 aliphatic heterocycles. The summed E-state index contributed by atoms with van der Waals surface area (Å²) in [5.41, 5.74) is 3.37. The summed E-state index contributed by atoms with van der Waals surface area (Å²) in [5, 5.41) is 6.22. The first-order valence-electron chi connectivity index (χ1n) is 10.6. The number of anilines is 1. The van der Waals surface area contributed by atoms with Gasteiger partial charge in [0, 0.05) is 40.7 Å². The molecule has 2 unspecified atom stereocenters. The summed E-state index contributed by atoms with van der Waals surface area (Å²) in [6.45, 7) is 3.92. The summed E-state index contributed by atoms with van der Waals surface area (Å²) in [7, 11) is 3.17. The van der Waals surface area contributed by atoms with Crippen LogP contribution in [0.1, 0.15) is 38.2 Å². The quantitative estimate of drug-likeness (QED) is 0.742. The number of ketones is 1. The molecule has 0 bridgehead atoms. The third-order valence-corrected chi connectivity index (χ3v) is 5.93. The average molecular weight is 434 g/mol. The Kier molecular flexibility index (Phi) is 5.99. The summed E-state index contributed by atoms with van der Waals surface area (Å²) >= 11 is 0. The molecule has 166 valence electrons. The molecule has 7 heteroatoms. The highest BCUT2D eigenvalue weighted by Gasteiger charge is 2.41. The molecule has 0 radical (unpaired) electrons. The molecule has 7 nitrogen and oxygen atoms in total. The Morgan fingerprint density at radius 2 is 1.97 bits per heavy atom. The largest absolute Gasteiger partial charge is 0.497 e. The van der Waals surface area contributed by atoms with Crippen LogP contribution in [0, 0.1) is 5.92 Å². The third-order valence-electron chi connectivity index (χ3n) is 5.93. The van der Waals surface area contributed by atoms with Gasteiger partial charge in [0.15, 0.2) is 5.78 Å². The van der Waals surface area contributed by atoms with Crippen LogP contribution in [0.15, 0.2) is 65.1 Å². The number of Topliss-reactive ketones (excluding diaryl/α,β-unsaturated/α-hetero) is 1. The van der Waals surface area contributed by atoms with Gasteiger partial charge in [0.25, 0.3) is 5.91 Å². The number of rotatable bonds is 5. The number of nitrogens with zero attached hydrogens (tertiary/aromatic N) is 1. The monoisotopic (exact) mass is 433 g/mol. The van der Waals surface area contributed by atoms with Gasteiger partial charge in [0.05, 0.1) is 20.1 Å². The number of carbonyl (C=O) groups excluding carboxylic acids is 2. The van der Waals surface area contributed by atoms with Crippen molar-refractivity contribution in [2.24, 2.45) is 5.92 Å². The first-order valence-corrected chi connectivity index (χ1v) is 10.6. The van der Waals surface area contributed by atoms with Crippen molar-refractivity contribution in [1.29, 1.82) is 0 Å². The molecule has 0 fully saturated rings. The number of pyridine rings is 1. The Morgan fingerprint density at radius 3 is 2.66 bits per heavy atom. The van der Waals surface area contributed by atoms with E-state index in [0.29, 0.717) is 46.1 Å². The van der Waals surface area contributed by atoms with E-state index in [0.717, 1.165) is 12.1 Å². The van der Waals surface area contributed by atoms with Crippen LogP contribution in [0.4, 0.5) is 5.82 Å². The summed E-state index contributed by atoms with van der Waals surface area (Å²) in [6, 6.07) is 10.8. The Hall–Kier alpha value is -3.61. The van der Waals surface area contributed by atoms with Crippen molar-refractivity contribution in [3.05, 3.63) is 70.7 Å². The van der Waals surface area contributed by atoms with Gasteiger partial charge in [-0.1, -0.05) is 13.0 Å². The molecular weight excluding hydrogens is 406 g/mol. The minimum atomic E-state index is -0.583. The lowest BCUT2D eigenvalue weighted by molar-refractivity contribution is -0.117. The van der Waals surface area contributed by atoms with E-state index >= 15 is 0 Å². The van der Waals surface area contributed by atoms with Crippen LogP contribution in [0.2, 0.25) is 0 Å². The molecule has 2 heterocycles. The van der Waals surface area contributed by atoms with Gasteiger partial charge in [-0.3, -0.25) is 9.59 Å². The van der Waals surface area contributed by atoms with E-state index in [1.165, 1.54) is 0 Å². The van der Waals surface area contributed by atoms with E-state index in [9.17, 15) is 9.59 Å². The standard InChI is InChI=1S/C25H27N3O4/c1-14-11-18-24(19(29)12-14)23(17-13-16(31-3)8-9-20(17)32-4)22(15(2)27-18)25(30)28-21-7-5-6-10-26-21/h5-10,13-14,23,27H,11-12H2,1-4H3,(H,26,28,30). The summed E-state index contributed by atoms with van der Waals surface area (Å²) < 4.78 is 11.1. The topological polar surface area (TPSA) is 89.6 Å². The first-order chi connectivity index (χ1) is 15.4. The first kappa shape index (κ1) is 21.6. The second-order valence-corrected chi connectivity index (χ2v) is 8.20. The van der Waals surface area contributed by atoms with Crippen molar-refractivity contribution in [2.75, 3.05) is 19.5 Å². The van der Waals surface area contributed by atoms with Gasteiger partial charge in [0.1, 0.15) is 17.3 Å². The molecule has 4 rings (SSSR count). The number of allylic oxidation sites excluding steroid dienone is 3. The highest BCUT2D eigenvalue weighted by Crippen LogP contribution is 2.46. The lowest BCUT2D eigenvalue weighted by Gasteiger charge is -2.36. The highest BCUT2D eigenvalue weighted by atomic mass is 16.5. The van der Waals surface area contributed by atoms with E-state index in [2.05, 4.69) is 22.5 Å². The van der Waals surface area contributed by atoms with E-state index in [1.54, 1.807) is 50.7 Å². The van der Waals surface area contributed by atoms with Crippen molar-refractivity contribution < 1.29 is 19.1 Å². The molecule has 2 atom stereocenters. The predicted octanol–water partition coefficient (Wildman–Crippen LogP) is 3.95. The van der Waals surface area contributed by atoms with Gasteiger partial charge in [-0.05, 0) is 49.6 Å². The van der Waals surface area contributed by atoms with Gasteiger partial charge >= 0.3 is 0 Å². The van der Waals surface area contributed by atoms with Crippen molar-refractivity contribution in [3.63, 3.8) is 0 Å². The van der Waals surface area contributed by atoms with Gasteiger partial charge in [-0.2, -0.15) is 0 Å². The molecule has 1 amide bonds. The maximum absolute atomic E-state index is 13.5. The number of hydrogen-bond acceptors (Lipinski definition) is 6. The number of aromatic nitrogens is 1. The summed E-state index contributed by atoms with van der Waals surface area (Å²) in [6.07, 6.45) is 2.80. The lowest BCUT2D eigenvalue weighted by Crippen LogP contribution is -2.37. The zero-order valence-corrected chi connectivity index (χ0v) is 18.7. The second kappa shape index (κ2) is 8.86. The zero-order valence-electron chi connectivity index (χ0n) is 18.7. The number of dihydropyridines is 1. The molecule has 0 saturated carbocycles. The lowest BCUT2D eigenvalue weighted by atomic mass is 9.72. The van der Waals surface area contributed by atoms with E-state index in [1.807, 2.05) is 13.0 Å². The molecule has 2 aliphatic rings. The van der Waals surface area contributed by atoms with Crippen LogP contribution >= 0.6 is 0 Å². The van der Waals surface area contributed by atoms with E-state index in [-0.39, 0.29) is 17.6 Å². The fourth-order valence-electron chi connectivity index (χ4n) is 4.53. The molecular formula is C25H27N3O4. The molecule has 1 aliphatic carbocycles. The van der Waals surface area contributed by atoms with Gasteiger partial charge in [0.2, 0.25) is 0 Å². The average Bonchev–Trinajstić information content (AvgIpc) is 2.78. The molecule has 0 spiro atoms.